The second-order valence-electron chi connectivity index (χ2n) is 12.0. The van der Waals surface area contributed by atoms with Crippen LogP contribution in [0.4, 0.5) is 11.5 Å². The summed E-state index contributed by atoms with van der Waals surface area (Å²) in [7, 11) is -3.54. The summed E-state index contributed by atoms with van der Waals surface area (Å²) in [6.07, 6.45) is 1.78. The van der Waals surface area contributed by atoms with E-state index in [-0.39, 0.29) is 29.1 Å². The molecule has 3 aliphatic rings. The van der Waals surface area contributed by atoms with Gasteiger partial charge in [0.1, 0.15) is 5.82 Å². The zero-order chi connectivity index (χ0) is 28.1. The maximum absolute atomic E-state index is 13.6. The quantitative estimate of drug-likeness (QED) is 0.410. The van der Waals surface area contributed by atoms with Gasteiger partial charge >= 0.3 is 0 Å². The van der Waals surface area contributed by atoms with Crippen molar-refractivity contribution in [1.82, 2.24) is 9.29 Å². The van der Waals surface area contributed by atoms with Crippen LogP contribution in [0.3, 0.4) is 0 Å². The Bertz CT molecular complexity index is 1430. The molecule has 2 unspecified atom stereocenters. The maximum atomic E-state index is 13.6. The van der Waals surface area contributed by atoms with E-state index in [1.54, 1.807) is 22.6 Å². The van der Waals surface area contributed by atoms with Gasteiger partial charge in [0.2, 0.25) is 10.0 Å². The first-order valence-electron chi connectivity index (χ1n) is 13.9. The summed E-state index contributed by atoms with van der Waals surface area (Å²) in [5.41, 5.74) is 1.85. The molecule has 40 heavy (non-hydrogen) atoms. The molecule has 10 heteroatoms. The highest BCUT2D eigenvalue weighted by Gasteiger charge is 2.58. The summed E-state index contributed by atoms with van der Waals surface area (Å²) in [5, 5.41) is 1.91. The fourth-order valence-electron chi connectivity index (χ4n) is 5.92. The molecule has 2 atom stereocenters. The highest BCUT2D eigenvalue weighted by Crippen LogP contribution is 2.53. The van der Waals surface area contributed by atoms with E-state index in [4.69, 9.17) is 4.74 Å². The predicted octanol–water partition coefficient (Wildman–Crippen LogP) is 4.49. The minimum absolute atomic E-state index is 0.0322. The Labute approximate surface area is 240 Å². The molecule has 0 radical (unpaired) electrons. The molecular weight excluding hydrogens is 544 g/mol. The number of rotatable bonds is 7. The van der Waals surface area contributed by atoms with Crippen molar-refractivity contribution in [2.45, 2.75) is 31.1 Å². The third-order valence-corrected chi connectivity index (χ3v) is 11.1. The lowest BCUT2D eigenvalue weighted by atomic mass is 9.87. The molecule has 0 bridgehead atoms. The lowest BCUT2D eigenvalue weighted by molar-refractivity contribution is 0.0988. The third-order valence-electron chi connectivity index (χ3n) is 8.45. The van der Waals surface area contributed by atoms with E-state index in [0.717, 1.165) is 30.2 Å². The Morgan fingerprint density at radius 2 is 1.75 bits per heavy atom. The molecule has 1 saturated carbocycles. The average molecular weight is 581 g/mol. The molecule has 2 saturated heterocycles. The van der Waals surface area contributed by atoms with Crippen LogP contribution in [0.25, 0.3) is 0 Å². The van der Waals surface area contributed by atoms with Gasteiger partial charge in [0.25, 0.3) is 5.91 Å². The first kappa shape index (κ1) is 27.4. The monoisotopic (exact) mass is 580 g/mol. The molecule has 2 aliphatic heterocycles. The number of benzene rings is 1. The highest BCUT2D eigenvalue weighted by molar-refractivity contribution is 7.89. The van der Waals surface area contributed by atoms with Gasteiger partial charge in [0.15, 0.2) is 0 Å². The number of pyridine rings is 1. The molecule has 1 amide bonds. The fraction of sp³-hybridized carbons (Fsp3) is 0.467. The molecule has 8 nitrogen and oxygen atoms in total. The number of amides is 1. The van der Waals surface area contributed by atoms with Gasteiger partial charge in [0, 0.05) is 32.7 Å². The number of fused-ring (bicyclic) bond motifs is 1. The molecule has 4 heterocycles. The third kappa shape index (κ3) is 5.30. The Morgan fingerprint density at radius 1 is 1.05 bits per heavy atom. The molecule has 212 valence electrons. The Morgan fingerprint density at radius 3 is 2.33 bits per heavy atom. The molecule has 0 N–H and O–H groups in total. The predicted molar refractivity (Wildman–Crippen MR) is 158 cm³/mol. The molecular formula is C30H36N4O4S2. The van der Waals surface area contributed by atoms with Crippen LogP contribution in [-0.2, 0) is 20.2 Å². The fourth-order valence-corrected chi connectivity index (χ4v) is 8.11. The number of sulfonamides is 1. The first-order chi connectivity index (χ1) is 19.1. The molecule has 3 aromatic rings. The Kier molecular flexibility index (Phi) is 7.23. The molecule has 1 aromatic carbocycles. The topological polar surface area (TPSA) is 83.1 Å². The zero-order valence-corrected chi connectivity index (χ0v) is 24.8. The number of morpholine rings is 1. The first-order valence-corrected chi connectivity index (χ1v) is 16.2. The van der Waals surface area contributed by atoms with Crippen molar-refractivity contribution in [2.24, 2.45) is 17.8 Å². The minimum Gasteiger partial charge on any atom is -0.378 e. The largest absolute Gasteiger partial charge is 0.378 e. The van der Waals surface area contributed by atoms with Crippen molar-refractivity contribution in [3.05, 3.63) is 70.5 Å². The van der Waals surface area contributed by atoms with Gasteiger partial charge in [-0.2, -0.15) is 4.31 Å². The molecule has 1 aliphatic carbocycles. The number of hydrogen-bond acceptors (Lipinski definition) is 7. The normalized spacial score (nSPS) is 23.2. The van der Waals surface area contributed by atoms with E-state index < -0.39 is 10.0 Å². The van der Waals surface area contributed by atoms with Crippen molar-refractivity contribution in [3.63, 3.8) is 0 Å². The van der Waals surface area contributed by atoms with Gasteiger partial charge in [-0.15, -0.1) is 11.3 Å². The van der Waals surface area contributed by atoms with Crippen LogP contribution in [0.1, 0.15) is 36.0 Å². The molecule has 0 spiro atoms. The van der Waals surface area contributed by atoms with Crippen LogP contribution < -0.4 is 9.80 Å². The van der Waals surface area contributed by atoms with E-state index in [1.165, 1.54) is 11.3 Å². The van der Waals surface area contributed by atoms with Crippen LogP contribution in [-0.4, -0.2) is 69.6 Å². The Hall–Kier alpha value is -2.79. The Balaban J connectivity index is 1.15. The summed E-state index contributed by atoms with van der Waals surface area (Å²) >= 11 is 1.43. The number of thiophene rings is 1. The average Bonchev–Trinajstić information content (AvgIpc) is 3.34. The number of anilines is 2. The molecule has 3 fully saturated rings. The summed E-state index contributed by atoms with van der Waals surface area (Å²) in [6, 6.07) is 15.0. The van der Waals surface area contributed by atoms with Gasteiger partial charge in [-0.3, -0.25) is 4.79 Å². The lowest BCUT2D eigenvalue weighted by Crippen LogP contribution is -2.37. The van der Waals surface area contributed by atoms with Gasteiger partial charge in [-0.1, -0.05) is 39.0 Å². The zero-order valence-electron chi connectivity index (χ0n) is 23.2. The van der Waals surface area contributed by atoms with Gasteiger partial charge in [-0.25, -0.2) is 13.4 Å². The number of carbonyl (C=O) groups is 1. The van der Waals surface area contributed by atoms with Crippen molar-refractivity contribution in [2.75, 3.05) is 55.7 Å². The van der Waals surface area contributed by atoms with Crippen molar-refractivity contribution in [3.8, 4) is 0 Å². The van der Waals surface area contributed by atoms with E-state index >= 15 is 0 Å². The minimum atomic E-state index is -3.54. The lowest BCUT2D eigenvalue weighted by Gasteiger charge is -2.29. The standard InChI is InChI=1S/C30H36N4O4S2/c1-30(2,3)21-6-9-23(10-7-21)40(36,37)33-18-24-25(19-33)26(24)20-34(29(35)27-5-4-16-39-27)22-8-11-28(31-17-22)32-12-14-38-15-13-32/h4-11,16-17,24-26H,12-15,18-20H2,1-3H3. The number of carbonyl (C=O) groups excluding carboxylic acids is 1. The van der Waals surface area contributed by atoms with Crippen LogP contribution in [0.5, 0.6) is 0 Å². The summed E-state index contributed by atoms with van der Waals surface area (Å²) in [6.45, 7) is 10.9. The van der Waals surface area contributed by atoms with Gasteiger partial charge in [-0.05, 0) is 64.4 Å². The summed E-state index contributed by atoms with van der Waals surface area (Å²) in [5.74, 6) is 1.61. The molecule has 6 rings (SSSR count). The summed E-state index contributed by atoms with van der Waals surface area (Å²) < 4.78 is 33.8. The number of piperidine rings is 1. The van der Waals surface area contributed by atoms with E-state index in [1.807, 2.05) is 46.7 Å². The highest BCUT2D eigenvalue weighted by atomic mass is 32.2. The van der Waals surface area contributed by atoms with Crippen LogP contribution in [0.15, 0.2) is 65.0 Å². The summed E-state index contributed by atoms with van der Waals surface area (Å²) in [4.78, 5) is 23.3. The van der Waals surface area contributed by atoms with Crippen LogP contribution in [0, 0.1) is 17.8 Å². The van der Waals surface area contributed by atoms with Crippen LogP contribution in [0.2, 0.25) is 0 Å². The number of ether oxygens (including phenoxy) is 1. The van der Waals surface area contributed by atoms with Crippen molar-refractivity contribution < 1.29 is 17.9 Å². The van der Waals surface area contributed by atoms with E-state index in [9.17, 15) is 13.2 Å². The van der Waals surface area contributed by atoms with E-state index in [2.05, 4.69) is 30.7 Å². The van der Waals surface area contributed by atoms with Gasteiger partial charge < -0.3 is 14.5 Å². The van der Waals surface area contributed by atoms with Gasteiger partial charge in [0.05, 0.1) is 34.9 Å². The number of hydrogen-bond donors (Lipinski definition) is 0. The maximum Gasteiger partial charge on any atom is 0.268 e. The SMILES string of the molecule is CC(C)(C)c1ccc(S(=O)(=O)N2CC3C(CN(C(=O)c4cccs4)c4ccc(N5CCOCC5)nc4)C3C2)cc1. The van der Waals surface area contributed by atoms with Crippen molar-refractivity contribution in [1.29, 1.82) is 0 Å². The molecule has 2 aromatic heterocycles. The second kappa shape index (κ2) is 10.6. The van der Waals surface area contributed by atoms with E-state index in [0.29, 0.717) is 42.6 Å². The van der Waals surface area contributed by atoms with Crippen molar-refractivity contribution >= 4 is 38.8 Å². The van der Waals surface area contributed by atoms with Crippen LogP contribution >= 0.6 is 11.3 Å². The number of aromatic nitrogens is 1. The number of nitrogens with zero attached hydrogens (tertiary/aromatic N) is 4. The second-order valence-corrected chi connectivity index (χ2v) is 14.8. The smallest absolute Gasteiger partial charge is 0.268 e.